The second-order valence-corrected chi connectivity index (χ2v) is 12.7. The maximum absolute atomic E-state index is 14.3. The second-order valence-electron chi connectivity index (χ2n) is 11.2. The molecule has 0 radical (unpaired) electrons. The SMILES string of the molecule is CN(C(=O)Cc1ccccc1)C1CCC(N(Cc2cccc(-c3ccncc3)c2)C(=O)c2sc3ccccc3c2Cl)CC1. The Morgan fingerprint density at radius 3 is 2.23 bits per heavy atom. The van der Waals surface area contributed by atoms with Gasteiger partial charge in [-0.2, -0.15) is 0 Å². The van der Waals surface area contributed by atoms with E-state index < -0.39 is 0 Å². The van der Waals surface area contributed by atoms with Crippen LogP contribution in [-0.2, 0) is 17.8 Å². The molecule has 5 aromatic rings. The first-order valence-corrected chi connectivity index (χ1v) is 15.9. The molecule has 5 nitrogen and oxygen atoms in total. The van der Waals surface area contributed by atoms with Crippen LogP contribution in [0.2, 0.25) is 5.02 Å². The average molecular weight is 608 g/mol. The summed E-state index contributed by atoms with van der Waals surface area (Å²) in [5.74, 6) is 0.102. The molecule has 2 aromatic heterocycles. The summed E-state index contributed by atoms with van der Waals surface area (Å²) < 4.78 is 1.01. The second kappa shape index (κ2) is 13.1. The number of thiophene rings is 1. The van der Waals surface area contributed by atoms with Crippen LogP contribution in [0.15, 0.2) is 103 Å². The van der Waals surface area contributed by atoms with E-state index in [-0.39, 0.29) is 23.9 Å². The van der Waals surface area contributed by atoms with Gasteiger partial charge in [0.2, 0.25) is 5.91 Å². The quantitative estimate of drug-likeness (QED) is 0.178. The molecule has 0 aliphatic heterocycles. The number of halogens is 1. The predicted molar refractivity (Wildman–Crippen MR) is 175 cm³/mol. The van der Waals surface area contributed by atoms with Gasteiger partial charge in [-0.15, -0.1) is 11.3 Å². The molecular formula is C36H34ClN3O2S. The molecule has 0 unspecified atom stereocenters. The summed E-state index contributed by atoms with van der Waals surface area (Å²) in [5.41, 5.74) is 4.27. The molecule has 43 heavy (non-hydrogen) atoms. The Morgan fingerprint density at radius 2 is 1.49 bits per heavy atom. The minimum atomic E-state index is -0.0301. The average Bonchev–Trinajstić information content (AvgIpc) is 3.40. The largest absolute Gasteiger partial charge is 0.342 e. The number of carbonyl (C=O) groups is 2. The Labute approximate surface area is 261 Å². The van der Waals surface area contributed by atoms with Gasteiger partial charge in [-0.3, -0.25) is 14.6 Å². The zero-order valence-electron chi connectivity index (χ0n) is 24.2. The smallest absolute Gasteiger partial charge is 0.266 e. The van der Waals surface area contributed by atoms with Crippen molar-refractivity contribution in [3.63, 3.8) is 0 Å². The minimum Gasteiger partial charge on any atom is -0.342 e. The topological polar surface area (TPSA) is 53.5 Å². The molecule has 0 spiro atoms. The third-order valence-electron chi connectivity index (χ3n) is 8.53. The van der Waals surface area contributed by atoms with Crippen molar-refractivity contribution in [2.24, 2.45) is 0 Å². The predicted octanol–water partition coefficient (Wildman–Crippen LogP) is 8.27. The molecule has 218 valence electrons. The van der Waals surface area contributed by atoms with E-state index in [2.05, 4.69) is 23.2 Å². The zero-order chi connectivity index (χ0) is 29.8. The van der Waals surface area contributed by atoms with Crippen LogP contribution in [0.3, 0.4) is 0 Å². The van der Waals surface area contributed by atoms with Gasteiger partial charge in [-0.1, -0.05) is 78.3 Å². The fraction of sp³-hybridized carbons (Fsp3) is 0.250. The van der Waals surface area contributed by atoms with Crippen LogP contribution in [0.5, 0.6) is 0 Å². The van der Waals surface area contributed by atoms with Crippen molar-refractivity contribution in [1.82, 2.24) is 14.8 Å². The molecule has 0 atom stereocenters. The number of nitrogens with zero attached hydrogens (tertiary/aromatic N) is 3. The number of amides is 2. The third kappa shape index (κ3) is 6.51. The van der Waals surface area contributed by atoms with Crippen LogP contribution < -0.4 is 0 Å². The van der Waals surface area contributed by atoms with E-state index >= 15 is 0 Å². The van der Waals surface area contributed by atoms with Gasteiger partial charge >= 0.3 is 0 Å². The van der Waals surface area contributed by atoms with Crippen LogP contribution in [-0.4, -0.2) is 45.7 Å². The van der Waals surface area contributed by atoms with Crippen LogP contribution in [0, 0.1) is 0 Å². The molecular weight excluding hydrogens is 574 g/mol. The number of fused-ring (bicyclic) bond motifs is 1. The fourth-order valence-corrected chi connectivity index (χ4v) is 7.56. The van der Waals surface area contributed by atoms with Gasteiger partial charge in [0.15, 0.2) is 0 Å². The number of hydrogen-bond donors (Lipinski definition) is 0. The zero-order valence-corrected chi connectivity index (χ0v) is 25.7. The molecule has 3 aromatic carbocycles. The summed E-state index contributed by atoms with van der Waals surface area (Å²) in [7, 11) is 1.92. The summed E-state index contributed by atoms with van der Waals surface area (Å²) in [6, 6.07) is 30.4. The molecule has 1 aliphatic rings. The lowest BCUT2D eigenvalue weighted by molar-refractivity contribution is -0.132. The monoisotopic (exact) mass is 607 g/mol. The number of carbonyl (C=O) groups excluding carboxylic acids is 2. The molecule has 1 fully saturated rings. The Hall–Kier alpha value is -4.00. The molecule has 1 aliphatic carbocycles. The van der Waals surface area contributed by atoms with Crippen LogP contribution in [0.4, 0.5) is 0 Å². The van der Waals surface area contributed by atoms with Crippen LogP contribution in [0.1, 0.15) is 46.5 Å². The van der Waals surface area contributed by atoms with Gasteiger partial charge < -0.3 is 9.80 Å². The van der Waals surface area contributed by atoms with Crippen molar-refractivity contribution in [2.75, 3.05) is 7.05 Å². The summed E-state index contributed by atoms with van der Waals surface area (Å²) in [4.78, 5) is 36.0. The molecule has 2 heterocycles. The summed E-state index contributed by atoms with van der Waals surface area (Å²) >= 11 is 8.28. The van der Waals surface area contributed by atoms with Crippen molar-refractivity contribution >= 4 is 44.8 Å². The summed E-state index contributed by atoms with van der Waals surface area (Å²) in [5, 5.41) is 1.44. The highest BCUT2D eigenvalue weighted by atomic mass is 35.5. The van der Waals surface area contributed by atoms with Crippen LogP contribution in [0.25, 0.3) is 21.2 Å². The van der Waals surface area contributed by atoms with Crippen molar-refractivity contribution in [3.8, 4) is 11.1 Å². The lowest BCUT2D eigenvalue weighted by Crippen LogP contribution is -2.46. The first-order valence-electron chi connectivity index (χ1n) is 14.7. The lowest BCUT2D eigenvalue weighted by atomic mass is 9.88. The van der Waals surface area contributed by atoms with Crippen LogP contribution >= 0.6 is 22.9 Å². The molecule has 2 amide bonds. The highest BCUT2D eigenvalue weighted by Crippen LogP contribution is 2.38. The normalized spacial score (nSPS) is 16.6. The van der Waals surface area contributed by atoms with Gasteiger partial charge in [0.1, 0.15) is 4.88 Å². The maximum atomic E-state index is 14.3. The van der Waals surface area contributed by atoms with E-state index in [1.54, 1.807) is 12.4 Å². The van der Waals surface area contributed by atoms with Gasteiger partial charge in [0, 0.05) is 48.2 Å². The van der Waals surface area contributed by atoms with Crippen molar-refractivity contribution < 1.29 is 9.59 Å². The van der Waals surface area contributed by atoms with E-state index in [4.69, 9.17) is 11.6 Å². The molecule has 0 bridgehead atoms. The Morgan fingerprint density at radius 1 is 0.814 bits per heavy atom. The van der Waals surface area contributed by atoms with Crippen molar-refractivity contribution in [2.45, 2.75) is 50.7 Å². The number of pyridine rings is 1. The van der Waals surface area contributed by atoms with E-state index in [0.29, 0.717) is 22.9 Å². The van der Waals surface area contributed by atoms with Gasteiger partial charge in [-0.05, 0) is 72.2 Å². The highest BCUT2D eigenvalue weighted by molar-refractivity contribution is 7.21. The Bertz CT molecular complexity index is 1710. The Kier molecular flexibility index (Phi) is 8.87. The Balaban J connectivity index is 1.23. The number of rotatable bonds is 8. The molecule has 6 rings (SSSR count). The minimum absolute atomic E-state index is 0.0301. The van der Waals surface area contributed by atoms with E-state index in [1.165, 1.54) is 11.3 Å². The van der Waals surface area contributed by atoms with Crippen molar-refractivity contribution in [3.05, 3.63) is 124 Å². The first kappa shape index (κ1) is 29.1. The van der Waals surface area contributed by atoms with Gasteiger partial charge in [0.25, 0.3) is 5.91 Å². The molecule has 7 heteroatoms. The van der Waals surface area contributed by atoms with E-state index in [9.17, 15) is 9.59 Å². The van der Waals surface area contributed by atoms with Gasteiger partial charge in [-0.25, -0.2) is 0 Å². The van der Waals surface area contributed by atoms with Crippen molar-refractivity contribution in [1.29, 1.82) is 0 Å². The number of aromatic nitrogens is 1. The summed E-state index contributed by atoms with van der Waals surface area (Å²) in [6.45, 7) is 0.487. The maximum Gasteiger partial charge on any atom is 0.266 e. The molecule has 1 saturated carbocycles. The third-order valence-corrected chi connectivity index (χ3v) is 10.2. The standard InChI is InChI=1S/C36H34ClN3O2S/c1-39(33(41)23-25-8-3-2-4-9-25)29-14-16-30(17-15-29)40(36(42)35-34(37)31-12-5-6-13-32(31)43-35)24-26-10-7-11-28(22-26)27-18-20-38-21-19-27/h2-13,18-22,29-30H,14-17,23-24H2,1H3. The highest BCUT2D eigenvalue weighted by Gasteiger charge is 2.33. The molecule has 0 saturated heterocycles. The van der Waals surface area contributed by atoms with E-state index in [1.807, 2.05) is 89.6 Å². The van der Waals surface area contributed by atoms with Gasteiger partial charge in [0.05, 0.1) is 11.4 Å². The number of benzene rings is 3. The number of hydrogen-bond acceptors (Lipinski definition) is 4. The summed E-state index contributed by atoms with van der Waals surface area (Å²) in [6.07, 6.45) is 7.34. The lowest BCUT2D eigenvalue weighted by Gasteiger charge is -2.40. The molecule has 0 N–H and O–H groups in total. The first-order chi connectivity index (χ1) is 21.0. The fourth-order valence-electron chi connectivity index (χ4n) is 6.10. The van der Waals surface area contributed by atoms with E-state index in [0.717, 1.165) is 58.0 Å². The number of likely N-dealkylation sites (N-methyl/N-ethyl adjacent to an activating group) is 1.